The monoisotopic (exact) mass is 451 g/mol. The molecule has 0 fully saturated rings. The van der Waals surface area contributed by atoms with Gasteiger partial charge < -0.3 is 10.1 Å². The maximum absolute atomic E-state index is 13.6. The summed E-state index contributed by atoms with van der Waals surface area (Å²) in [6.45, 7) is 3.72. The van der Waals surface area contributed by atoms with Crippen molar-refractivity contribution in [2.75, 3.05) is 6.61 Å². The fourth-order valence-corrected chi connectivity index (χ4v) is 3.56. The van der Waals surface area contributed by atoms with Crippen molar-refractivity contribution in [3.8, 4) is 0 Å². The van der Waals surface area contributed by atoms with E-state index in [2.05, 4.69) is 31.2 Å². The van der Waals surface area contributed by atoms with Gasteiger partial charge in [-0.3, -0.25) is 9.98 Å². The number of hydrogen-bond acceptors (Lipinski definition) is 5. The first kappa shape index (κ1) is 19.5. The number of carbonyl (C=O) groups excluding carboxylic acids is 1. The highest BCUT2D eigenvalue weighted by molar-refractivity contribution is 9.10. The number of allylic oxidation sites excluding steroid dienone is 1. The first-order chi connectivity index (χ1) is 12.9. The van der Waals surface area contributed by atoms with Gasteiger partial charge in [-0.1, -0.05) is 33.6 Å². The number of aliphatic imine (C=N–C) groups is 1. The molecule has 1 aliphatic rings. The van der Waals surface area contributed by atoms with Crippen LogP contribution in [0.1, 0.15) is 31.1 Å². The summed E-state index contributed by atoms with van der Waals surface area (Å²) in [6.07, 6.45) is 1.61. The van der Waals surface area contributed by atoms with Crippen LogP contribution in [0.3, 0.4) is 0 Å². The molecular formula is C19H16BrClFN3O2. The average molecular weight is 453 g/mol. The standard InChI is InChI=1S/C19H16BrClFN3O2/c1-3-27-19(26)15-10(2)24-18(17-14(21)5-4-8-23-17)25-16(15)12-7-6-11(22)9-13(12)20/h4-9,16H,3H2,1-2H3,(H,24,25). The zero-order chi connectivity index (χ0) is 19.6. The summed E-state index contributed by atoms with van der Waals surface area (Å²) in [4.78, 5) is 21.5. The normalized spacial score (nSPS) is 16.6. The molecule has 5 nitrogen and oxygen atoms in total. The molecule has 3 rings (SSSR count). The Balaban J connectivity index is 2.15. The summed E-state index contributed by atoms with van der Waals surface area (Å²) in [7, 11) is 0. The van der Waals surface area contributed by atoms with Crippen molar-refractivity contribution in [2.24, 2.45) is 4.99 Å². The minimum atomic E-state index is -0.701. The molecule has 27 heavy (non-hydrogen) atoms. The minimum absolute atomic E-state index is 0.232. The molecule has 140 valence electrons. The maximum Gasteiger partial charge on any atom is 0.338 e. The number of rotatable bonds is 4. The van der Waals surface area contributed by atoms with Crippen LogP contribution in [0.5, 0.6) is 0 Å². The number of ether oxygens (including phenoxy) is 1. The number of carbonyl (C=O) groups is 1. The van der Waals surface area contributed by atoms with Crippen molar-refractivity contribution in [2.45, 2.75) is 19.9 Å². The third-order valence-electron chi connectivity index (χ3n) is 3.98. The average Bonchev–Trinajstić information content (AvgIpc) is 2.61. The number of aromatic nitrogens is 1. The summed E-state index contributed by atoms with van der Waals surface area (Å²) < 4.78 is 19.2. The van der Waals surface area contributed by atoms with E-state index in [1.54, 1.807) is 38.2 Å². The van der Waals surface area contributed by atoms with Crippen molar-refractivity contribution < 1.29 is 13.9 Å². The topological polar surface area (TPSA) is 63.6 Å². The predicted octanol–water partition coefficient (Wildman–Crippen LogP) is 4.56. The van der Waals surface area contributed by atoms with Crippen LogP contribution in [0.25, 0.3) is 0 Å². The molecule has 1 atom stereocenters. The Kier molecular flexibility index (Phi) is 5.92. The Morgan fingerprint density at radius 2 is 2.19 bits per heavy atom. The Morgan fingerprint density at radius 3 is 2.85 bits per heavy atom. The molecule has 0 spiro atoms. The molecule has 1 aliphatic heterocycles. The molecule has 1 unspecified atom stereocenters. The van der Waals surface area contributed by atoms with E-state index in [1.807, 2.05) is 0 Å². The summed E-state index contributed by atoms with van der Waals surface area (Å²) in [5, 5.41) is 3.51. The molecule has 2 heterocycles. The highest BCUT2D eigenvalue weighted by atomic mass is 79.9. The van der Waals surface area contributed by atoms with Crippen LogP contribution in [0, 0.1) is 5.82 Å². The highest BCUT2D eigenvalue weighted by Crippen LogP contribution is 2.36. The van der Waals surface area contributed by atoms with E-state index in [4.69, 9.17) is 16.3 Å². The minimum Gasteiger partial charge on any atom is -0.463 e. The molecule has 0 saturated carbocycles. The second-order valence-electron chi connectivity index (χ2n) is 5.76. The largest absolute Gasteiger partial charge is 0.463 e. The van der Waals surface area contributed by atoms with Crippen LogP contribution in [-0.4, -0.2) is 23.4 Å². The molecule has 1 aromatic heterocycles. The molecule has 2 aromatic rings. The van der Waals surface area contributed by atoms with Crippen LogP contribution < -0.4 is 5.32 Å². The van der Waals surface area contributed by atoms with Gasteiger partial charge >= 0.3 is 5.97 Å². The van der Waals surface area contributed by atoms with Crippen molar-refractivity contribution in [1.29, 1.82) is 0 Å². The second-order valence-corrected chi connectivity index (χ2v) is 7.03. The fourth-order valence-electron chi connectivity index (χ4n) is 2.78. The first-order valence-corrected chi connectivity index (χ1v) is 9.38. The van der Waals surface area contributed by atoms with Crippen LogP contribution in [0.4, 0.5) is 4.39 Å². The van der Waals surface area contributed by atoms with E-state index in [0.717, 1.165) is 0 Å². The molecule has 8 heteroatoms. The summed E-state index contributed by atoms with van der Waals surface area (Å²) in [5.41, 5.74) is 2.01. The van der Waals surface area contributed by atoms with Crippen molar-refractivity contribution in [3.63, 3.8) is 0 Å². The highest BCUT2D eigenvalue weighted by Gasteiger charge is 2.32. The lowest BCUT2D eigenvalue weighted by Crippen LogP contribution is -2.33. The van der Waals surface area contributed by atoms with Crippen molar-refractivity contribution >= 4 is 39.3 Å². The quantitative estimate of drug-likeness (QED) is 0.691. The van der Waals surface area contributed by atoms with Gasteiger partial charge in [-0.05, 0) is 43.7 Å². The summed E-state index contributed by atoms with van der Waals surface area (Å²) >= 11 is 9.61. The van der Waals surface area contributed by atoms with E-state index in [9.17, 15) is 9.18 Å². The van der Waals surface area contributed by atoms with Crippen molar-refractivity contribution in [1.82, 2.24) is 10.3 Å². The third-order valence-corrected chi connectivity index (χ3v) is 4.97. The van der Waals surface area contributed by atoms with Crippen molar-refractivity contribution in [3.05, 3.63) is 74.4 Å². The van der Waals surface area contributed by atoms with Gasteiger partial charge in [0, 0.05) is 16.4 Å². The number of halogens is 3. The lowest BCUT2D eigenvalue weighted by molar-refractivity contribution is -0.138. The maximum atomic E-state index is 13.6. The van der Waals surface area contributed by atoms with Gasteiger partial charge in [0.2, 0.25) is 0 Å². The number of amidine groups is 1. The Morgan fingerprint density at radius 1 is 1.41 bits per heavy atom. The van der Waals surface area contributed by atoms with E-state index in [-0.39, 0.29) is 6.61 Å². The van der Waals surface area contributed by atoms with Gasteiger partial charge in [-0.15, -0.1) is 0 Å². The van der Waals surface area contributed by atoms with Gasteiger partial charge in [0.1, 0.15) is 17.6 Å². The Hall–Kier alpha value is -2.25. The number of nitrogens with zero attached hydrogens (tertiary/aromatic N) is 2. The van der Waals surface area contributed by atoms with Gasteiger partial charge in [0.25, 0.3) is 0 Å². The van der Waals surface area contributed by atoms with Crippen LogP contribution >= 0.6 is 27.5 Å². The Labute approximate surface area is 169 Å². The summed E-state index contributed by atoms with van der Waals surface area (Å²) in [5.74, 6) is -0.457. The smallest absolute Gasteiger partial charge is 0.338 e. The second kappa shape index (κ2) is 8.19. The molecular weight excluding hydrogens is 437 g/mol. The van der Waals surface area contributed by atoms with E-state index >= 15 is 0 Å². The molecule has 1 aromatic carbocycles. The number of nitrogens with one attached hydrogen (secondary N) is 1. The SMILES string of the molecule is CCOC(=O)C1=C(C)NC(c2ncccc2Cl)=NC1c1ccc(F)cc1Br. The molecule has 0 bridgehead atoms. The Bertz CT molecular complexity index is 962. The van der Waals surface area contributed by atoms with Gasteiger partial charge in [-0.2, -0.15) is 0 Å². The predicted molar refractivity (Wildman–Crippen MR) is 105 cm³/mol. The van der Waals surface area contributed by atoms with Crippen LogP contribution in [0.15, 0.2) is 57.3 Å². The lowest BCUT2D eigenvalue weighted by Gasteiger charge is -2.26. The molecule has 0 saturated heterocycles. The molecule has 0 radical (unpaired) electrons. The first-order valence-electron chi connectivity index (χ1n) is 8.21. The van der Waals surface area contributed by atoms with Gasteiger partial charge in [0.05, 0.1) is 17.2 Å². The number of hydrogen-bond donors (Lipinski definition) is 1. The molecule has 0 amide bonds. The van der Waals surface area contributed by atoms with E-state index < -0.39 is 17.8 Å². The fraction of sp³-hybridized carbons (Fsp3) is 0.211. The summed E-state index contributed by atoms with van der Waals surface area (Å²) in [6, 6.07) is 6.96. The molecule has 1 N–H and O–H groups in total. The zero-order valence-corrected chi connectivity index (χ0v) is 16.9. The number of pyridine rings is 1. The number of esters is 1. The van der Waals surface area contributed by atoms with Gasteiger partial charge in [0.15, 0.2) is 5.84 Å². The van der Waals surface area contributed by atoms with Crippen LogP contribution in [-0.2, 0) is 9.53 Å². The third kappa shape index (κ3) is 4.04. The van der Waals surface area contributed by atoms with E-state index in [1.165, 1.54) is 12.1 Å². The zero-order valence-electron chi connectivity index (χ0n) is 14.6. The van der Waals surface area contributed by atoms with E-state index in [0.29, 0.717) is 37.9 Å². The van der Waals surface area contributed by atoms with Crippen LogP contribution in [0.2, 0.25) is 5.02 Å². The van der Waals surface area contributed by atoms with Gasteiger partial charge in [-0.25, -0.2) is 9.18 Å². The lowest BCUT2D eigenvalue weighted by atomic mass is 9.95. The number of benzene rings is 1. The molecule has 0 aliphatic carbocycles.